The van der Waals surface area contributed by atoms with Crippen molar-refractivity contribution in [1.82, 2.24) is 20.1 Å². The molecular formula is C25H19N5O5S. The molecule has 0 unspecified atom stereocenters. The summed E-state index contributed by atoms with van der Waals surface area (Å²) in [5, 5.41) is 9.23. The van der Waals surface area contributed by atoms with Crippen molar-refractivity contribution in [3.8, 4) is 23.1 Å². The third-order valence-corrected chi connectivity index (χ3v) is 6.51. The molecule has 4 aromatic rings. The lowest BCUT2D eigenvalue weighted by Gasteiger charge is -2.08. The summed E-state index contributed by atoms with van der Waals surface area (Å²) in [5.41, 5.74) is 5.76. The standard InChI is InChI=1S/C25H19N5O5S/c26-30-25(33)20-13-23(29-22-11-12-27-14-21(20)22)18-7-3-16(4-8-18)1-2-17-5-9-19(10-6-17)36(34,35)28-15-24(31)32/h3-14,28H,15,26H2,(H,30,33)(H,31,32). The van der Waals surface area contributed by atoms with Crippen LogP contribution >= 0.6 is 0 Å². The van der Waals surface area contributed by atoms with Crippen molar-refractivity contribution >= 4 is 32.8 Å². The number of carbonyl (C=O) groups excluding carboxylic acids is 1. The number of aromatic nitrogens is 2. The van der Waals surface area contributed by atoms with Crippen LogP contribution in [0, 0.1) is 11.8 Å². The molecule has 36 heavy (non-hydrogen) atoms. The summed E-state index contributed by atoms with van der Waals surface area (Å²) in [7, 11) is -3.91. The molecule has 180 valence electrons. The Hall–Kier alpha value is -4.63. The lowest BCUT2D eigenvalue weighted by atomic mass is 10.0. The van der Waals surface area contributed by atoms with Crippen LogP contribution in [0.2, 0.25) is 0 Å². The molecule has 10 nitrogen and oxygen atoms in total. The number of nitrogens with zero attached hydrogens (tertiary/aromatic N) is 2. The van der Waals surface area contributed by atoms with E-state index in [1.807, 2.05) is 16.9 Å². The zero-order valence-corrected chi connectivity index (χ0v) is 19.4. The van der Waals surface area contributed by atoms with E-state index in [0.29, 0.717) is 33.3 Å². The summed E-state index contributed by atoms with van der Waals surface area (Å²) in [5.74, 6) is 9.57. The van der Waals surface area contributed by atoms with Crippen molar-refractivity contribution in [2.24, 2.45) is 5.84 Å². The van der Waals surface area contributed by atoms with Crippen LogP contribution in [0.1, 0.15) is 21.5 Å². The molecule has 0 radical (unpaired) electrons. The van der Waals surface area contributed by atoms with Gasteiger partial charge in [-0.25, -0.2) is 19.2 Å². The SMILES string of the molecule is NNC(=O)c1cc(-c2ccc(C#Cc3ccc(S(=O)(=O)NCC(=O)O)cc3)cc2)nc2ccncc12. The molecule has 5 N–H and O–H groups in total. The number of aliphatic carboxylic acids is 1. The molecular weight excluding hydrogens is 482 g/mol. The second kappa shape index (κ2) is 10.3. The normalized spacial score (nSPS) is 10.9. The van der Waals surface area contributed by atoms with E-state index in [1.165, 1.54) is 24.3 Å². The van der Waals surface area contributed by atoms with Crippen LogP contribution in [0.25, 0.3) is 22.2 Å². The van der Waals surface area contributed by atoms with Crippen molar-refractivity contribution in [2.75, 3.05) is 6.54 Å². The summed E-state index contributed by atoms with van der Waals surface area (Å²) in [6, 6.07) is 16.4. The Morgan fingerprint density at radius 2 is 1.61 bits per heavy atom. The van der Waals surface area contributed by atoms with Gasteiger partial charge in [-0.3, -0.25) is 20.0 Å². The number of carboxylic acids is 1. The molecule has 0 bridgehead atoms. The first-order chi connectivity index (χ1) is 17.3. The Morgan fingerprint density at radius 1 is 0.972 bits per heavy atom. The quantitative estimate of drug-likeness (QED) is 0.134. The number of hydrogen-bond acceptors (Lipinski definition) is 7. The fourth-order valence-corrected chi connectivity index (χ4v) is 4.28. The molecule has 1 amide bonds. The Kier molecular flexibility index (Phi) is 7.03. The zero-order chi connectivity index (χ0) is 25.7. The van der Waals surface area contributed by atoms with E-state index in [-0.39, 0.29) is 4.90 Å². The first-order valence-electron chi connectivity index (χ1n) is 10.5. The highest BCUT2D eigenvalue weighted by atomic mass is 32.2. The van der Waals surface area contributed by atoms with Gasteiger partial charge in [0.1, 0.15) is 6.54 Å². The third-order valence-electron chi connectivity index (χ3n) is 5.10. The van der Waals surface area contributed by atoms with E-state index in [2.05, 4.69) is 27.2 Å². The van der Waals surface area contributed by atoms with E-state index >= 15 is 0 Å². The number of sulfonamides is 1. The molecule has 0 atom stereocenters. The number of nitrogens with one attached hydrogen (secondary N) is 2. The van der Waals surface area contributed by atoms with Crippen LogP contribution in [0.15, 0.2) is 78.0 Å². The zero-order valence-electron chi connectivity index (χ0n) is 18.6. The Balaban J connectivity index is 1.55. The molecule has 0 saturated carbocycles. The van der Waals surface area contributed by atoms with Crippen LogP contribution < -0.4 is 16.0 Å². The number of hydrazine groups is 1. The van der Waals surface area contributed by atoms with Crippen molar-refractivity contribution < 1.29 is 23.1 Å². The average molecular weight is 502 g/mol. The lowest BCUT2D eigenvalue weighted by molar-refractivity contribution is -0.135. The third kappa shape index (κ3) is 5.53. The number of rotatable bonds is 6. The predicted molar refractivity (Wildman–Crippen MR) is 132 cm³/mol. The molecule has 0 aliphatic rings. The van der Waals surface area contributed by atoms with E-state index in [9.17, 15) is 18.0 Å². The number of carboxylic acid groups (broad SMARTS) is 1. The van der Waals surface area contributed by atoms with Crippen LogP contribution in [0.3, 0.4) is 0 Å². The molecule has 0 aliphatic heterocycles. The molecule has 2 aromatic carbocycles. The Bertz CT molecular complexity index is 1620. The van der Waals surface area contributed by atoms with Gasteiger partial charge in [0.2, 0.25) is 10.0 Å². The van der Waals surface area contributed by atoms with Gasteiger partial charge in [0.25, 0.3) is 5.91 Å². The molecule has 2 heterocycles. The molecule has 0 saturated heterocycles. The van der Waals surface area contributed by atoms with Gasteiger partial charge in [-0.15, -0.1) is 0 Å². The minimum atomic E-state index is -3.91. The molecule has 2 aromatic heterocycles. The lowest BCUT2D eigenvalue weighted by Crippen LogP contribution is -2.30. The number of amides is 1. The Labute approximate surface area is 206 Å². The molecule has 0 spiro atoms. The first kappa shape index (κ1) is 24.5. The number of pyridine rings is 2. The number of fused-ring (bicyclic) bond motifs is 1. The molecule has 0 aliphatic carbocycles. The fraction of sp³-hybridized carbons (Fsp3) is 0.0400. The summed E-state index contributed by atoms with van der Waals surface area (Å²) >= 11 is 0. The second-order valence-corrected chi connectivity index (χ2v) is 9.26. The first-order valence-corrected chi connectivity index (χ1v) is 11.9. The number of nitrogens with two attached hydrogens (primary N) is 1. The van der Waals surface area contributed by atoms with Gasteiger partial charge >= 0.3 is 5.97 Å². The highest BCUT2D eigenvalue weighted by molar-refractivity contribution is 7.89. The smallest absolute Gasteiger partial charge is 0.318 e. The number of hydrogen-bond donors (Lipinski definition) is 4. The van der Waals surface area contributed by atoms with Gasteiger partial charge in [-0.1, -0.05) is 24.0 Å². The fourth-order valence-electron chi connectivity index (χ4n) is 3.31. The number of carbonyl (C=O) groups is 2. The average Bonchev–Trinajstić information content (AvgIpc) is 2.90. The summed E-state index contributed by atoms with van der Waals surface area (Å²) < 4.78 is 26.1. The van der Waals surface area contributed by atoms with Gasteiger partial charge in [0.05, 0.1) is 21.7 Å². The van der Waals surface area contributed by atoms with Gasteiger partial charge in [-0.2, -0.15) is 4.72 Å². The second-order valence-electron chi connectivity index (χ2n) is 7.49. The van der Waals surface area contributed by atoms with E-state index in [0.717, 1.165) is 5.56 Å². The van der Waals surface area contributed by atoms with Crippen molar-refractivity contribution in [1.29, 1.82) is 0 Å². The largest absolute Gasteiger partial charge is 0.480 e. The van der Waals surface area contributed by atoms with Crippen LogP contribution in [-0.4, -0.2) is 41.9 Å². The topological polar surface area (TPSA) is 164 Å². The van der Waals surface area contributed by atoms with E-state index in [4.69, 9.17) is 10.9 Å². The molecule has 11 heteroatoms. The van der Waals surface area contributed by atoms with E-state index in [1.54, 1.807) is 36.7 Å². The number of benzene rings is 2. The maximum absolute atomic E-state index is 12.3. The Morgan fingerprint density at radius 3 is 2.22 bits per heavy atom. The maximum atomic E-state index is 12.3. The van der Waals surface area contributed by atoms with Crippen molar-refractivity contribution in [2.45, 2.75) is 4.90 Å². The van der Waals surface area contributed by atoms with Crippen molar-refractivity contribution in [3.63, 3.8) is 0 Å². The van der Waals surface area contributed by atoms with Crippen LogP contribution in [0.5, 0.6) is 0 Å². The minimum Gasteiger partial charge on any atom is -0.480 e. The van der Waals surface area contributed by atoms with Gasteiger partial charge in [0, 0.05) is 34.5 Å². The van der Waals surface area contributed by atoms with Crippen LogP contribution in [-0.2, 0) is 14.8 Å². The highest BCUT2D eigenvalue weighted by Crippen LogP contribution is 2.24. The van der Waals surface area contributed by atoms with Gasteiger partial charge < -0.3 is 5.11 Å². The summed E-state index contributed by atoms with van der Waals surface area (Å²) in [6.07, 6.45) is 3.15. The maximum Gasteiger partial charge on any atom is 0.318 e. The molecule has 0 fully saturated rings. The minimum absolute atomic E-state index is 0.0556. The summed E-state index contributed by atoms with van der Waals surface area (Å²) in [4.78, 5) is 31.4. The summed E-state index contributed by atoms with van der Waals surface area (Å²) in [6.45, 7) is -0.701. The van der Waals surface area contributed by atoms with Gasteiger partial charge in [0.15, 0.2) is 0 Å². The predicted octanol–water partition coefficient (Wildman–Crippen LogP) is 1.66. The van der Waals surface area contributed by atoms with Crippen LogP contribution in [0.4, 0.5) is 0 Å². The van der Waals surface area contributed by atoms with Gasteiger partial charge in [-0.05, 0) is 48.5 Å². The highest BCUT2D eigenvalue weighted by Gasteiger charge is 2.15. The monoisotopic (exact) mass is 501 g/mol. The molecule has 4 rings (SSSR count). The van der Waals surface area contributed by atoms with Crippen molar-refractivity contribution in [3.05, 3.63) is 89.7 Å². The van der Waals surface area contributed by atoms with E-state index < -0.39 is 28.4 Å². The number of nitrogen functional groups attached to an aromatic ring is 1.